The van der Waals surface area contributed by atoms with Gasteiger partial charge in [0.25, 0.3) is 0 Å². The lowest BCUT2D eigenvalue weighted by molar-refractivity contribution is -0.131. The minimum absolute atomic E-state index is 0.0531. The van der Waals surface area contributed by atoms with Gasteiger partial charge < -0.3 is 15.1 Å². The van der Waals surface area contributed by atoms with Gasteiger partial charge >= 0.3 is 0 Å². The number of likely N-dealkylation sites (tertiary alicyclic amines) is 2. The van der Waals surface area contributed by atoms with Crippen molar-refractivity contribution in [2.24, 2.45) is 0 Å². The molecule has 26 heavy (non-hydrogen) atoms. The molecule has 0 bridgehead atoms. The number of ketones is 1. The number of hydrogen-bond donors (Lipinski definition) is 2. The largest absolute Gasteiger partial charge is 0.393 e. The summed E-state index contributed by atoms with van der Waals surface area (Å²) in [5.41, 5.74) is 1.91. The highest BCUT2D eigenvalue weighted by atomic mass is 16.3. The van der Waals surface area contributed by atoms with E-state index < -0.39 is 6.10 Å². The number of aliphatic hydroxyl groups excluding tert-OH is 2. The summed E-state index contributed by atoms with van der Waals surface area (Å²) < 4.78 is 1.57. The molecule has 2 saturated heterocycles. The summed E-state index contributed by atoms with van der Waals surface area (Å²) in [7, 11) is 0. The van der Waals surface area contributed by atoms with E-state index in [2.05, 4.69) is 10.00 Å². The first-order valence-corrected chi connectivity index (χ1v) is 9.20. The van der Waals surface area contributed by atoms with Crippen LogP contribution in [0.5, 0.6) is 0 Å². The molecular weight excluding hydrogens is 336 g/mol. The van der Waals surface area contributed by atoms with Crippen LogP contribution >= 0.6 is 0 Å². The summed E-state index contributed by atoms with van der Waals surface area (Å²) in [6, 6.07) is -0.0836. The van der Waals surface area contributed by atoms with Crippen molar-refractivity contribution in [1.82, 2.24) is 19.6 Å². The van der Waals surface area contributed by atoms with Crippen LogP contribution < -0.4 is 0 Å². The first kappa shape index (κ1) is 19.0. The average Bonchev–Trinajstić information content (AvgIpc) is 3.08. The maximum Gasteiger partial charge on any atom is 0.244 e. The van der Waals surface area contributed by atoms with E-state index >= 15 is 0 Å². The van der Waals surface area contributed by atoms with Crippen LogP contribution in [0.3, 0.4) is 0 Å². The van der Waals surface area contributed by atoms with Gasteiger partial charge in [-0.1, -0.05) is 0 Å². The highest BCUT2D eigenvalue weighted by molar-refractivity contribution is 5.96. The monoisotopic (exact) mass is 364 g/mol. The molecule has 0 aromatic carbocycles. The second kappa shape index (κ2) is 7.46. The van der Waals surface area contributed by atoms with Gasteiger partial charge in [-0.15, -0.1) is 0 Å². The van der Waals surface area contributed by atoms with Crippen LogP contribution in [-0.2, 0) is 11.3 Å². The summed E-state index contributed by atoms with van der Waals surface area (Å²) in [5, 5.41) is 24.4. The molecule has 3 heterocycles. The lowest BCUT2D eigenvalue weighted by Gasteiger charge is -2.35. The molecule has 2 aliphatic rings. The molecule has 2 aliphatic heterocycles. The maximum absolute atomic E-state index is 12.7. The fourth-order valence-corrected chi connectivity index (χ4v) is 4.14. The quantitative estimate of drug-likeness (QED) is 0.714. The number of amides is 1. The van der Waals surface area contributed by atoms with Gasteiger partial charge in [0, 0.05) is 31.9 Å². The van der Waals surface area contributed by atoms with Gasteiger partial charge in [-0.2, -0.15) is 5.10 Å². The van der Waals surface area contributed by atoms with Crippen LogP contribution in [-0.4, -0.2) is 85.9 Å². The zero-order valence-electron chi connectivity index (χ0n) is 15.7. The van der Waals surface area contributed by atoms with E-state index in [0.717, 1.165) is 13.1 Å². The molecule has 2 fully saturated rings. The van der Waals surface area contributed by atoms with Crippen LogP contribution in [0.25, 0.3) is 0 Å². The van der Waals surface area contributed by atoms with E-state index in [1.807, 2.05) is 0 Å². The number of Topliss-reactive ketones (excluding diaryl/α,β-unsaturated/α-hetero) is 1. The Balaban J connectivity index is 1.64. The third-order valence-electron chi connectivity index (χ3n) is 5.60. The molecular formula is C18H28N4O4. The van der Waals surface area contributed by atoms with Crippen molar-refractivity contribution in [3.63, 3.8) is 0 Å². The van der Waals surface area contributed by atoms with Gasteiger partial charge in [0.2, 0.25) is 5.91 Å². The molecule has 0 unspecified atom stereocenters. The molecule has 0 saturated carbocycles. The standard InChI is InChI=1S/C18H28N4O4/c1-11-18(13(3)23)12(2)22(19-11)10-17(26)21-8-15(16(25)9-21)20-6-4-14(24)5-7-20/h14-16,24-25H,4-10H2,1-3H3/t15-,16-/m0/s1. The molecule has 2 N–H and O–H groups in total. The van der Waals surface area contributed by atoms with Crippen molar-refractivity contribution in [3.05, 3.63) is 17.0 Å². The minimum atomic E-state index is -0.581. The number of carbonyl (C=O) groups is 2. The third kappa shape index (κ3) is 3.67. The Hall–Kier alpha value is -1.77. The van der Waals surface area contributed by atoms with Crippen molar-refractivity contribution < 1.29 is 19.8 Å². The predicted octanol–water partition coefficient (Wildman–Crippen LogP) is -0.269. The first-order valence-electron chi connectivity index (χ1n) is 9.20. The number of rotatable bonds is 4. The smallest absolute Gasteiger partial charge is 0.244 e. The van der Waals surface area contributed by atoms with Gasteiger partial charge in [-0.05, 0) is 33.6 Å². The molecule has 1 amide bonds. The van der Waals surface area contributed by atoms with E-state index in [1.165, 1.54) is 6.92 Å². The highest BCUT2D eigenvalue weighted by Gasteiger charge is 2.38. The fraction of sp³-hybridized carbons (Fsp3) is 0.722. The Labute approximate surface area is 153 Å². The second-order valence-corrected chi connectivity index (χ2v) is 7.46. The zero-order chi connectivity index (χ0) is 19.0. The van der Waals surface area contributed by atoms with Crippen molar-refractivity contribution in [2.75, 3.05) is 26.2 Å². The molecule has 8 nitrogen and oxygen atoms in total. The summed E-state index contributed by atoms with van der Waals surface area (Å²) in [6.45, 7) is 7.40. The van der Waals surface area contributed by atoms with Crippen LogP contribution in [0.2, 0.25) is 0 Å². The molecule has 0 aliphatic carbocycles. The van der Waals surface area contributed by atoms with E-state index in [-0.39, 0.29) is 30.4 Å². The number of aliphatic hydroxyl groups is 2. The second-order valence-electron chi connectivity index (χ2n) is 7.46. The number of β-amino-alcohol motifs (C(OH)–C–C–N with tert-alkyl or cyclic N) is 1. The van der Waals surface area contributed by atoms with Crippen LogP contribution in [0.4, 0.5) is 0 Å². The van der Waals surface area contributed by atoms with E-state index in [9.17, 15) is 19.8 Å². The Bertz CT molecular complexity index is 694. The third-order valence-corrected chi connectivity index (χ3v) is 5.60. The number of aromatic nitrogens is 2. The van der Waals surface area contributed by atoms with E-state index in [0.29, 0.717) is 42.9 Å². The van der Waals surface area contributed by atoms with Gasteiger partial charge in [0.15, 0.2) is 5.78 Å². The Morgan fingerprint density at radius 2 is 1.81 bits per heavy atom. The van der Waals surface area contributed by atoms with E-state index in [4.69, 9.17) is 0 Å². The SMILES string of the molecule is CC(=O)c1c(C)nn(CC(=O)N2C[C@H](O)[C@@H](N3CCC(O)CC3)C2)c1C. The summed E-state index contributed by atoms with van der Waals surface area (Å²) >= 11 is 0. The van der Waals surface area contributed by atoms with Crippen molar-refractivity contribution in [1.29, 1.82) is 0 Å². The summed E-state index contributed by atoms with van der Waals surface area (Å²) in [4.78, 5) is 28.3. The number of nitrogens with zero attached hydrogens (tertiary/aromatic N) is 4. The predicted molar refractivity (Wildman–Crippen MR) is 94.9 cm³/mol. The Kier molecular flexibility index (Phi) is 5.45. The van der Waals surface area contributed by atoms with Crippen molar-refractivity contribution in [3.8, 4) is 0 Å². The zero-order valence-corrected chi connectivity index (χ0v) is 15.7. The average molecular weight is 364 g/mol. The van der Waals surface area contributed by atoms with Gasteiger partial charge in [0.1, 0.15) is 6.54 Å². The minimum Gasteiger partial charge on any atom is -0.393 e. The fourth-order valence-electron chi connectivity index (χ4n) is 4.14. The van der Waals surface area contributed by atoms with Gasteiger partial charge in [0.05, 0.1) is 29.5 Å². The summed E-state index contributed by atoms with van der Waals surface area (Å²) in [5.74, 6) is -0.160. The molecule has 3 rings (SSSR count). The number of hydrogen-bond acceptors (Lipinski definition) is 6. The Morgan fingerprint density at radius 1 is 1.15 bits per heavy atom. The van der Waals surface area contributed by atoms with Crippen LogP contribution in [0.15, 0.2) is 0 Å². The molecule has 1 aromatic rings. The molecule has 2 atom stereocenters. The normalized spacial score (nSPS) is 25.0. The molecule has 0 radical (unpaired) electrons. The molecule has 1 aromatic heterocycles. The van der Waals surface area contributed by atoms with Crippen LogP contribution in [0.1, 0.15) is 41.5 Å². The highest BCUT2D eigenvalue weighted by Crippen LogP contribution is 2.22. The topological polar surface area (TPSA) is 98.9 Å². The summed E-state index contributed by atoms with van der Waals surface area (Å²) in [6.07, 6.45) is 0.569. The number of piperidine rings is 1. The van der Waals surface area contributed by atoms with Gasteiger partial charge in [-0.25, -0.2) is 0 Å². The molecule has 8 heteroatoms. The van der Waals surface area contributed by atoms with Crippen molar-refractivity contribution >= 4 is 11.7 Å². The molecule has 0 spiro atoms. The molecule has 144 valence electrons. The van der Waals surface area contributed by atoms with Crippen molar-refractivity contribution in [2.45, 2.75) is 58.4 Å². The Morgan fingerprint density at radius 3 is 2.38 bits per heavy atom. The van der Waals surface area contributed by atoms with Gasteiger partial charge in [-0.3, -0.25) is 19.2 Å². The number of carbonyl (C=O) groups excluding carboxylic acids is 2. The van der Waals surface area contributed by atoms with E-state index in [1.54, 1.807) is 23.4 Å². The number of aryl methyl sites for hydroxylation is 1. The lowest BCUT2D eigenvalue weighted by atomic mass is 10.0. The first-order chi connectivity index (χ1) is 12.3. The van der Waals surface area contributed by atoms with Crippen LogP contribution in [0, 0.1) is 13.8 Å². The maximum atomic E-state index is 12.7. The lowest BCUT2D eigenvalue weighted by Crippen LogP contribution is -2.48.